The van der Waals surface area contributed by atoms with Gasteiger partial charge in [0.2, 0.25) is 33.7 Å². The number of benzene rings is 3. The van der Waals surface area contributed by atoms with E-state index >= 15 is 0 Å². The van der Waals surface area contributed by atoms with Crippen LogP contribution in [0.15, 0.2) is 77.8 Å². The number of aromatic nitrogens is 2. The first-order valence-electron chi connectivity index (χ1n) is 19.3. The molecule has 17 nitrogen and oxygen atoms in total. The fourth-order valence-corrected chi connectivity index (χ4v) is 8.66. The van der Waals surface area contributed by atoms with Gasteiger partial charge in [0.15, 0.2) is 0 Å². The number of piperidine rings is 1. The minimum atomic E-state index is -3.72. The second-order valence-electron chi connectivity index (χ2n) is 15.6. The lowest BCUT2D eigenvalue weighted by Gasteiger charge is -2.36. The first kappa shape index (κ1) is 40.8. The third kappa shape index (κ3) is 9.18. The number of anilines is 6. The normalized spacial score (nSPS) is 17.2. The summed E-state index contributed by atoms with van der Waals surface area (Å²) in [5.74, 6) is -1.47. The van der Waals surface area contributed by atoms with Gasteiger partial charge in [-0.05, 0) is 88.7 Å². The highest BCUT2D eigenvalue weighted by molar-refractivity contribution is 7.89. The SMILES string of the molecule is Cc1cnc(Nc2ccc(N3CCN(C(=O)CCNc4cccc5c4C(=O)N(C4CCC(=O)NC4=O)C5=O)CC3)cc2)nc1Nc1cccc(S(=O)(=O)NC(C)(C)C)c1. The van der Waals surface area contributed by atoms with Crippen LogP contribution in [0.5, 0.6) is 0 Å². The molecule has 3 aliphatic rings. The predicted molar refractivity (Wildman–Crippen MR) is 221 cm³/mol. The average molecular weight is 823 g/mol. The largest absolute Gasteiger partial charge is 0.384 e. The van der Waals surface area contributed by atoms with Gasteiger partial charge in [0, 0.05) is 85.6 Å². The molecule has 1 aromatic heterocycles. The molecule has 0 aliphatic carbocycles. The smallest absolute Gasteiger partial charge is 0.264 e. The quantitative estimate of drug-likeness (QED) is 0.128. The topological polar surface area (TPSA) is 215 Å². The summed E-state index contributed by atoms with van der Waals surface area (Å²) in [5.41, 5.74) is 3.20. The van der Waals surface area contributed by atoms with Crippen molar-refractivity contribution >= 4 is 74.1 Å². The van der Waals surface area contributed by atoms with Crippen LogP contribution in [0, 0.1) is 6.92 Å². The average Bonchev–Trinajstić information content (AvgIpc) is 3.44. The van der Waals surface area contributed by atoms with E-state index < -0.39 is 45.2 Å². The lowest BCUT2D eigenvalue weighted by atomic mass is 10.0. The summed E-state index contributed by atoms with van der Waals surface area (Å²) in [7, 11) is -3.72. The Kier molecular flexibility index (Phi) is 11.4. The monoisotopic (exact) mass is 822 g/mol. The summed E-state index contributed by atoms with van der Waals surface area (Å²) in [6, 6.07) is 18.1. The molecular weight excluding hydrogens is 777 g/mol. The highest BCUT2D eigenvalue weighted by Crippen LogP contribution is 2.33. The van der Waals surface area contributed by atoms with Crippen molar-refractivity contribution in [3.8, 4) is 0 Å². The summed E-state index contributed by atoms with van der Waals surface area (Å²) in [5, 5.41) is 11.8. The van der Waals surface area contributed by atoms with Gasteiger partial charge in [-0.25, -0.2) is 18.1 Å². The van der Waals surface area contributed by atoms with Gasteiger partial charge in [-0.3, -0.25) is 34.2 Å². The van der Waals surface area contributed by atoms with Gasteiger partial charge in [0.25, 0.3) is 11.8 Å². The molecule has 3 aliphatic heterocycles. The number of fused-ring (bicyclic) bond motifs is 1. The molecule has 0 bridgehead atoms. The minimum absolute atomic E-state index is 0.0358. The predicted octanol–water partition coefficient (Wildman–Crippen LogP) is 3.90. The van der Waals surface area contributed by atoms with Gasteiger partial charge in [-0.1, -0.05) is 12.1 Å². The third-order valence-electron chi connectivity index (χ3n) is 10.1. The Morgan fingerprint density at radius 2 is 1.63 bits per heavy atom. The molecule has 1 unspecified atom stereocenters. The molecule has 0 radical (unpaired) electrons. The zero-order valence-electron chi connectivity index (χ0n) is 33.2. The Hall–Kier alpha value is -6.40. The van der Waals surface area contributed by atoms with Crippen molar-refractivity contribution in [1.29, 1.82) is 0 Å². The summed E-state index contributed by atoms with van der Waals surface area (Å²) in [4.78, 5) is 77.9. The van der Waals surface area contributed by atoms with Crippen molar-refractivity contribution in [3.63, 3.8) is 0 Å². The van der Waals surface area contributed by atoms with Crippen molar-refractivity contribution < 1.29 is 32.4 Å². The van der Waals surface area contributed by atoms with Gasteiger partial charge in [0.1, 0.15) is 11.9 Å². The zero-order chi connectivity index (χ0) is 42.1. The molecule has 5 N–H and O–H groups in total. The van der Waals surface area contributed by atoms with E-state index in [0.29, 0.717) is 49.3 Å². The van der Waals surface area contributed by atoms with Crippen molar-refractivity contribution in [3.05, 3.63) is 89.6 Å². The van der Waals surface area contributed by atoms with Crippen LogP contribution < -0.4 is 30.9 Å². The van der Waals surface area contributed by atoms with Crippen molar-refractivity contribution in [1.82, 2.24) is 29.8 Å². The molecule has 2 saturated heterocycles. The first-order chi connectivity index (χ1) is 28.1. The number of piperazine rings is 1. The summed E-state index contributed by atoms with van der Waals surface area (Å²) >= 11 is 0. The molecule has 7 rings (SSSR count). The van der Waals surface area contributed by atoms with Crippen LogP contribution in [-0.2, 0) is 24.4 Å². The zero-order valence-corrected chi connectivity index (χ0v) is 34.0. The Balaban J connectivity index is 0.894. The molecule has 3 aromatic carbocycles. The number of hydrogen-bond acceptors (Lipinski definition) is 13. The molecule has 4 aromatic rings. The molecule has 0 spiro atoms. The van der Waals surface area contributed by atoms with Crippen molar-refractivity contribution in [2.24, 2.45) is 0 Å². The Bertz CT molecular complexity index is 2430. The highest BCUT2D eigenvalue weighted by atomic mass is 32.2. The second kappa shape index (κ2) is 16.5. The van der Waals surface area contributed by atoms with E-state index in [4.69, 9.17) is 0 Å². The molecule has 0 saturated carbocycles. The fourth-order valence-electron chi connectivity index (χ4n) is 7.19. The molecule has 5 amide bonds. The molecule has 308 valence electrons. The standard InChI is InChI=1S/C41H46N10O7S/c1-25-24-43-40(47-36(25)44-27-7-5-8-29(23-27)59(57,58)48-41(2,3)4)45-26-11-13-28(14-12-26)49-19-21-50(22-20-49)34(53)17-18-42-31-10-6-9-30-35(31)39(56)51(38(30)55)32-15-16-33(52)46-37(32)54/h5-14,23-24,32,42,48H,15-22H2,1-4H3,(H,46,52,54)(H2,43,44,45,47). The number of sulfonamides is 1. The molecule has 1 atom stereocenters. The summed E-state index contributed by atoms with van der Waals surface area (Å²) in [6.45, 7) is 9.78. The third-order valence-corrected chi connectivity index (χ3v) is 11.8. The van der Waals surface area contributed by atoms with Crippen LogP contribution >= 0.6 is 0 Å². The lowest BCUT2D eigenvalue weighted by molar-refractivity contribution is -0.136. The number of rotatable bonds is 12. The van der Waals surface area contributed by atoms with Gasteiger partial charge in [-0.15, -0.1) is 0 Å². The molecule has 4 heterocycles. The van der Waals surface area contributed by atoms with E-state index in [9.17, 15) is 32.4 Å². The van der Waals surface area contributed by atoms with Crippen LogP contribution in [0.25, 0.3) is 0 Å². The molecular formula is C41H46N10O7S. The van der Waals surface area contributed by atoms with E-state index in [2.05, 4.69) is 40.9 Å². The van der Waals surface area contributed by atoms with Crippen LogP contribution in [0.4, 0.5) is 34.5 Å². The van der Waals surface area contributed by atoms with E-state index in [1.165, 1.54) is 6.07 Å². The molecule has 59 heavy (non-hydrogen) atoms. The maximum atomic E-state index is 13.4. The summed E-state index contributed by atoms with van der Waals surface area (Å²) < 4.78 is 28.4. The van der Waals surface area contributed by atoms with Gasteiger partial charge in [0.05, 0.1) is 16.0 Å². The van der Waals surface area contributed by atoms with Gasteiger partial charge in [-0.2, -0.15) is 4.98 Å². The van der Waals surface area contributed by atoms with Crippen LogP contribution in [0.2, 0.25) is 0 Å². The number of carbonyl (C=O) groups excluding carboxylic acids is 5. The van der Waals surface area contributed by atoms with Crippen molar-refractivity contribution in [2.45, 2.75) is 63.4 Å². The van der Waals surface area contributed by atoms with E-state index in [1.807, 2.05) is 31.2 Å². The number of amides is 5. The number of hydrogen-bond donors (Lipinski definition) is 5. The molecule has 18 heteroatoms. The van der Waals surface area contributed by atoms with E-state index in [1.54, 1.807) is 68.3 Å². The van der Waals surface area contributed by atoms with Crippen LogP contribution in [0.3, 0.4) is 0 Å². The second-order valence-corrected chi connectivity index (χ2v) is 17.3. The summed E-state index contributed by atoms with van der Waals surface area (Å²) in [6.07, 6.45) is 1.96. The Labute approximate surface area is 342 Å². The lowest BCUT2D eigenvalue weighted by Crippen LogP contribution is -2.54. The maximum absolute atomic E-state index is 13.4. The molecule has 2 fully saturated rings. The minimum Gasteiger partial charge on any atom is -0.384 e. The number of aryl methyl sites for hydroxylation is 1. The van der Waals surface area contributed by atoms with Gasteiger partial charge >= 0.3 is 0 Å². The van der Waals surface area contributed by atoms with Crippen LogP contribution in [-0.4, -0.2) is 102 Å². The van der Waals surface area contributed by atoms with E-state index in [0.717, 1.165) is 21.8 Å². The van der Waals surface area contributed by atoms with Crippen molar-refractivity contribution in [2.75, 3.05) is 53.6 Å². The van der Waals surface area contributed by atoms with Crippen LogP contribution in [0.1, 0.15) is 66.3 Å². The van der Waals surface area contributed by atoms with E-state index in [-0.39, 0.29) is 47.7 Å². The maximum Gasteiger partial charge on any atom is 0.264 e. The first-order valence-corrected chi connectivity index (χ1v) is 20.8. The number of imide groups is 2. The Morgan fingerprint density at radius 3 is 2.34 bits per heavy atom. The highest BCUT2D eigenvalue weighted by Gasteiger charge is 2.45. The van der Waals surface area contributed by atoms with Gasteiger partial charge < -0.3 is 25.8 Å². The number of carbonyl (C=O) groups is 5. The number of nitrogens with one attached hydrogen (secondary N) is 5. The fraction of sp³-hybridized carbons (Fsp3) is 0.341. The Morgan fingerprint density at radius 1 is 0.898 bits per heavy atom. The number of nitrogens with zero attached hydrogens (tertiary/aromatic N) is 5.